The molecule has 0 aliphatic carbocycles. The first-order chi connectivity index (χ1) is 20.0. The molecule has 5 rings (SSSR count). The highest BCUT2D eigenvalue weighted by Crippen LogP contribution is 2.36. The molecule has 11 heteroatoms. The van der Waals surface area contributed by atoms with Crippen LogP contribution in [0.1, 0.15) is 24.4 Å². The number of carbonyl (C=O) groups is 2. The fourth-order valence-electron chi connectivity index (χ4n) is 4.97. The van der Waals surface area contributed by atoms with Crippen molar-refractivity contribution in [2.24, 2.45) is 0 Å². The smallest absolute Gasteiger partial charge is 0.249 e. The van der Waals surface area contributed by atoms with Gasteiger partial charge in [-0.15, -0.1) is 5.10 Å². The van der Waals surface area contributed by atoms with Crippen LogP contribution in [0.15, 0.2) is 66.7 Å². The molecule has 4 aromatic rings. The van der Waals surface area contributed by atoms with Crippen LogP contribution in [0.2, 0.25) is 0 Å². The topological polar surface area (TPSA) is 117 Å². The van der Waals surface area contributed by atoms with E-state index < -0.39 is 6.04 Å². The summed E-state index contributed by atoms with van der Waals surface area (Å²) < 4.78 is 23.5. The van der Waals surface area contributed by atoms with Crippen molar-refractivity contribution in [1.29, 1.82) is 0 Å². The molecule has 0 saturated carbocycles. The third-order valence-corrected chi connectivity index (χ3v) is 7.09. The molecule has 1 fully saturated rings. The van der Waals surface area contributed by atoms with Crippen molar-refractivity contribution in [1.82, 2.24) is 20.3 Å². The zero-order valence-corrected chi connectivity index (χ0v) is 23.3. The van der Waals surface area contributed by atoms with Crippen LogP contribution >= 0.6 is 0 Å². The van der Waals surface area contributed by atoms with Gasteiger partial charge in [-0.05, 0) is 54.8 Å². The van der Waals surface area contributed by atoms with Crippen LogP contribution in [-0.2, 0) is 20.9 Å². The number of rotatable bonds is 11. The summed E-state index contributed by atoms with van der Waals surface area (Å²) in [6.07, 6.45) is 1.75. The summed E-state index contributed by atoms with van der Waals surface area (Å²) in [6.45, 7) is 0.859. The number of ether oxygens (including phenoxy) is 4. The van der Waals surface area contributed by atoms with Crippen LogP contribution in [-0.4, -0.2) is 67.4 Å². The van der Waals surface area contributed by atoms with Crippen LogP contribution in [0, 0.1) is 0 Å². The van der Waals surface area contributed by atoms with Gasteiger partial charge in [-0.2, -0.15) is 0 Å². The molecular weight excluding hydrogens is 526 g/mol. The first kappa shape index (κ1) is 27.9. The summed E-state index contributed by atoms with van der Waals surface area (Å²) in [7, 11) is 4.63. The molecule has 1 N–H and O–H groups in total. The quantitative estimate of drug-likeness (QED) is 0.297. The molecule has 2 amide bonds. The molecule has 2 heterocycles. The molecule has 1 saturated heterocycles. The zero-order valence-electron chi connectivity index (χ0n) is 23.3. The number of hydrogen-bond acceptors (Lipinski definition) is 8. The largest absolute Gasteiger partial charge is 0.497 e. The minimum atomic E-state index is -1.03. The molecule has 0 bridgehead atoms. The van der Waals surface area contributed by atoms with E-state index in [0.717, 1.165) is 12.8 Å². The standard InChI is InChI=1S/C30H33N5O6/c1-38-22-13-10-20(11-14-22)29(30(37)31-18-23-7-6-16-41-23)35(21-12-15-26(39-2)27(17-21)40-3)28(36)19-34-25-9-5-4-8-24(25)32-33-34/h4-5,8-15,17,23,29H,6-7,16,18-19H2,1-3H3,(H,31,37). The number of benzene rings is 3. The van der Waals surface area contributed by atoms with E-state index in [9.17, 15) is 9.59 Å². The van der Waals surface area contributed by atoms with Crippen molar-refractivity contribution in [2.75, 3.05) is 39.4 Å². The van der Waals surface area contributed by atoms with Crippen molar-refractivity contribution in [2.45, 2.75) is 31.5 Å². The van der Waals surface area contributed by atoms with Crippen LogP contribution in [0.4, 0.5) is 5.69 Å². The van der Waals surface area contributed by atoms with E-state index in [1.165, 1.54) is 23.8 Å². The van der Waals surface area contributed by atoms with E-state index in [1.54, 1.807) is 49.6 Å². The summed E-state index contributed by atoms with van der Waals surface area (Å²) >= 11 is 0. The van der Waals surface area contributed by atoms with E-state index in [-0.39, 0.29) is 24.5 Å². The molecule has 1 aliphatic rings. The van der Waals surface area contributed by atoms with Gasteiger partial charge in [0.1, 0.15) is 23.9 Å². The normalized spacial score (nSPS) is 15.3. The number of methoxy groups -OCH3 is 3. The molecule has 1 aliphatic heterocycles. The van der Waals surface area contributed by atoms with Gasteiger partial charge in [-0.1, -0.05) is 29.5 Å². The maximum atomic E-state index is 14.2. The van der Waals surface area contributed by atoms with Crippen LogP contribution in [0.5, 0.6) is 17.2 Å². The number of nitrogens with zero attached hydrogens (tertiary/aromatic N) is 4. The van der Waals surface area contributed by atoms with E-state index in [1.807, 2.05) is 24.3 Å². The second-order valence-electron chi connectivity index (χ2n) is 9.59. The number of aromatic nitrogens is 3. The van der Waals surface area contributed by atoms with Crippen LogP contribution < -0.4 is 24.4 Å². The lowest BCUT2D eigenvalue weighted by Crippen LogP contribution is -2.46. The van der Waals surface area contributed by atoms with Gasteiger partial charge < -0.3 is 24.3 Å². The Kier molecular flexibility index (Phi) is 8.64. The highest BCUT2D eigenvalue weighted by Gasteiger charge is 2.34. The molecule has 3 aromatic carbocycles. The van der Waals surface area contributed by atoms with Gasteiger partial charge in [0.25, 0.3) is 0 Å². The van der Waals surface area contributed by atoms with Crippen molar-refractivity contribution in [3.8, 4) is 17.2 Å². The maximum Gasteiger partial charge on any atom is 0.249 e. The molecule has 214 valence electrons. The van der Waals surface area contributed by atoms with Gasteiger partial charge in [-0.25, -0.2) is 4.68 Å². The highest BCUT2D eigenvalue weighted by atomic mass is 16.5. The SMILES string of the molecule is COc1ccc(C(C(=O)NCC2CCCO2)N(C(=O)Cn2nnc3ccccc32)c2ccc(OC)c(OC)c2)cc1. The molecular formula is C30H33N5O6. The predicted molar refractivity (Wildman–Crippen MR) is 152 cm³/mol. The van der Waals surface area contributed by atoms with Crippen molar-refractivity contribution >= 4 is 28.5 Å². The Morgan fingerprint density at radius 2 is 1.80 bits per heavy atom. The van der Waals surface area contributed by atoms with Crippen molar-refractivity contribution in [3.05, 3.63) is 72.3 Å². The Balaban J connectivity index is 1.58. The second-order valence-corrected chi connectivity index (χ2v) is 9.59. The molecule has 0 radical (unpaired) electrons. The minimum Gasteiger partial charge on any atom is -0.497 e. The van der Waals surface area contributed by atoms with Gasteiger partial charge in [-0.3, -0.25) is 14.5 Å². The first-order valence-corrected chi connectivity index (χ1v) is 13.4. The zero-order chi connectivity index (χ0) is 28.8. The Bertz CT molecular complexity index is 1500. The van der Waals surface area contributed by atoms with Gasteiger partial charge in [0, 0.05) is 24.9 Å². The number of amides is 2. The Hall–Kier alpha value is -4.64. The average Bonchev–Trinajstić information content (AvgIpc) is 3.69. The summed E-state index contributed by atoms with van der Waals surface area (Å²) in [4.78, 5) is 29.7. The number of nitrogens with one attached hydrogen (secondary N) is 1. The summed E-state index contributed by atoms with van der Waals surface area (Å²) in [6, 6.07) is 18.6. The number of para-hydroxylation sites is 1. The lowest BCUT2D eigenvalue weighted by atomic mass is 10.0. The number of carbonyl (C=O) groups excluding carboxylic acids is 2. The Morgan fingerprint density at radius 3 is 2.51 bits per heavy atom. The van der Waals surface area contributed by atoms with Gasteiger partial charge >= 0.3 is 0 Å². The summed E-state index contributed by atoms with van der Waals surface area (Å²) in [5.41, 5.74) is 2.42. The monoisotopic (exact) mass is 559 g/mol. The lowest BCUT2D eigenvalue weighted by Gasteiger charge is -2.32. The number of fused-ring (bicyclic) bond motifs is 1. The number of anilines is 1. The lowest BCUT2D eigenvalue weighted by molar-refractivity contribution is -0.127. The average molecular weight is 560 g/mol. The highest BCUT2D eigenvalue weighted by molar-refractivity contribution is 6.01. The van der Waals surface area contributed by atoms with E-state index in [4.69, 9.17) is 18.9 Å². The fraction of sp³-hybridized carbons (Fsp3) is 0.333. The third-order valence-electron chi connectivity index (χ3n) is 7.09. The van der Waals surface area contributed by atoms with Crippen LogP contribution in [0.25, 0.3) is 11.0 Å². The van der Waals surface area contributed by atoms with Crippen LogP contribution in [0.3, 0.4) is 0 Å². The van der Waals surface area contributed by atoms with E-state index in [0.29, 0.717) is 52.7 Å². The number of hydrogen-bond donors (Lipinski definition) is 1. The molecule has 11 nitrogen and oxygen atoms in total. The summed E-state index contributed by atoms with van der Waals surface area (Å²) in [5.74, 6) is 0.820. The van der Waals surface area contributed by atoms with Crippen molar-refractivity contribution in [3.63, 3.8) is 0 Å². The van der Waals surface area contributed by atoms with E-state index in [2.05, 4.69) is 15.6 Å². The first-order valence-electron chi connectivity index (χ1n) is 13.4. The fourth-order valence-corrected chi connectivity index (χ4v) is 4.97. The molecule has 2 unspecified atom stereocenters. The predicted octanol–water partition coefficient (Wildman–Crippen LogP) is 3.53. The molecule has 1 aromatic heterocycles. The molecule has 0 spiro atoms. The third kappa shape index (κ3) is 6.09. The van der Waals surface area contributed by atoms with Gasteiger partial charge in [0.15, 0.2) is 11.5 Å². The minimum absolute atomic E-state index is 0.0674. The second kappa shape index (κ2) is 12.7. The van der Waals surface area contributed by atoms with Gasteiger partial charge in [0.2, 0.25) is 11.8 Å². The molecule has 41 heavy (non-hydrogen) atoms. The van der Waals surface area contributed by atoms with Crippen molar-refractivity contribution < 1.29 is 28.5 Å². The molecule has 2 atom stereocenters. The van der Waals surface area contributed by atoms with Gasteiger partial charge in [0.05, 0.1) is 33.0 Å². The summed E-state index contributed by atoms with van der Waals surface area (Å²) in [5, 5.41) is 11.4. The Morgan fingerprint density at radius 1 is 1.02 bits per heavy atom. The Labute approximate surface area is 237 Å². The maximum absolute atomic E-state index is 14.2. The van der Waals surface area contributed by atoms with E-state index >= 15 is 0 Å².